The number of ether oxygens (including phenoxy) is 1. The lowest BCUT2D eigenvalue weighted by Crippen LogP contribution is -2.38. The maximum atomic E-state index is 15.0. The zero-order valence-electron chi connectivity index (χ0n) is 21.9. The third-order valence-corrected chi connectivity index (χ3v) is 8.21. The smallest absolute Gasteiger partial charge is 0.178 e. The molecule has 2 aromatic carbocycles. The number of thioether (sulfide) groups is 1. The van der Waals surface area contributed by atoms with Gasteiger partial charge in [-0.2, -0.15) is 0 Å². The van der Waals surface area contributed by atoms with Gasteiger partial charge in [0, 0.05) is 22.9 Å². The summed E-state index contributed by atoms with van der Waals surface area (Å²) >= 11 is 1.76. The monoisotopic (exact) mass is 524 g/mol. The van der Waals surface area contributed by atoms with Crippen molar-refractivity contribution in [2.45, 2.75) is 50.0 Å². The van der Waals surface area contributed by atoms with Gasteiger partial charge in [-0.25, -0.2) is 18.7 Å². The summed E-state index contributed by atoms with van der Waals surface area (Å²) in [5.41, 5.74) is 3.61. The molecule has 2 aliphatic heterocycles. The SMILES string of the molecule is CSc1cc(Cc2ncc(F)c(-c3cc(F)c4c(c3)N(C(C)C)CCO4)n2)ccc1C1CCN(C)CC1. The van der Waals surface area contributed by atoms with Crippen LogP contribution < -0.4 is 9.64 Å². The van der Waals surface area contributed by atoms with Gasteiger partial charge in [0.25, 0.3) is 0 Å². The van der Waals surface area contributed by atoms with Crippen molar-refractivity contribution in [1.29, 1.82) is 0 Å². The maximum absolute atomic E-state index is 15.0. The normalized spacial score (nSPS) is 16.7. The van der Waals surface area contributed by atoms with Crippen molar-refractivity contribution < 1.29 is 13.5 Å². The average Bonchev–Trinajstić information content (AvgIpc) is 2.90. The molecule has 0 atom stereocenters. The number of hydrogen-bond donors (Lipinski definition) is 0. The van der Waals surface area contributed by atoms with Crippen LogP contribution in [-0.4, -0.2) is 60.5 Å². The van der Waals surface area contributed by atoms with E-state index < -0.39 is 11.6 Å². The summed E-state index contributed by atoms with van der Waals surface area (Å²) in [6.45, 7) is 7.40. The van der Waals surface area contributed by atoms with Crippen LogP contribution >= 0.6 is 11.8 Å². The van der Waals surface area contributed by atoms with Gasteiger partial charge in [-0.05, 0) is 88.3 Å². The van der Waals surface area contributed by atoms with Gasteiger partial charge < -0.3 is 14.5 Å². The molecule has 0 radical (unpaired) electrons. The van der Waals surface area contributed by atoms with E-state index in [-0.39, 0.29) is 17.5 Å². The first-order chi connectivity index (χ1) is 17.8. The molecule has 2 aliphatic rings. The van der Waals surface area contributed by atoms with Crippen LogP contribution in [0.2, 0.25) is 0 Å². The Morgan fingerprint density at radius 2 is 1.86 bits per heavy atom. The van der Waals surface area contributed by atoms with Crippen molar-refractivity contribution in [1.82, 2.24) is 14.9 Å². The molecule has 0 amide bonds. The number of halogens is 2. The van der Waals surface area contributed by atoms with Gasteiger partial charge in [0.2, 0.25) is 0 Å². The standard InChI is InChI=1S/C29H34F2N4OS/c1-18(2)35-11-12-36-29-23(30)15-21(16-25(29)35)28-24(31)17-32-27(33-28)14-19-5-6-22(26(13-19)37-4)20-7-9-34(3)10-8-20/h5-6,13,15-18,20H,7-12,14H2,1-4H3. The molecule has 0 aliphatic carbocycles. The quantitative estimate of drug-likeness (QED) is 0.360. The Morgan fingerprint density at radius 1 is 1.08 bits per heavy atom. The number of fused-ring (bicyclic) bond motifs is 1. The van der Waals surface area contributed by atoms with Crippen molar-refractivity contribution >= 4 is 17.4 Å². The van der Waals surface area contributed by atoms with E-state index in [1.807, 2.05) is 13.8 Å². The zero-order chi connectivity index (χ0) is 26.1. The van der Waals surface area contributed by atoms with E-state index in [0.717, 1.165) is 18.7 Å². The number of rotatable bonds is 6. The molecule has 5 nitrogen and oxygen atoms in total. The average molecular weight is 525 g/mol. The molecule has 1 fully saturated rings. The summed E-state index contributed by atoms with van der Waals surface area (Å²) in [6.07, 6.45) is 6.12. The van der Waals surface area contributed by atoms with E-state index in [2.05, 4.69) is 51.3 Å². The molecule has 196 valence electrons. The number of nitrogens with zero attached hydrogens (tertiary/aromatic N) is 4. The van der Waals surface area contributed by atoms with Crippen molar-refractivity contribution in [2.24, 2.45) is 0 Å². The minimum Gasteiger partial charge on any atom is -0.486 e. The fourth-order valence-corrected chi connectivity index (χ4v) is 6.11. The minimum atomic E-state index is -0.571. The Hall–Kier alpha value is -2.71. The van der Waals surface area contributed by atoms with E-state index >= 15 is 4.39 Å². The molecule has 1 saturated heterocycles. The van der Waals surface area contributed by atoms with Gasteiger partial charge in [-0.15, -0.1) is 11.8 Å². The summed E-state index contributed by atoms with van der Waals surface area (Å²) in [5.74, 6) is 0.220. The van der Waals surface area contributed by atoms with E-state index in [0.29, 0.717) is 42.6 Å². The highest BCUT2D eigenvalue weighted by molar-refractivity contribution is 7.98. The van der Waals surface area contributed by atoms with Crippen LogP contribution in [0.3, 0.4) is 0 Å². The van der Waals surface area contributed by atoms with Gasteiger partial charge in [0.05, 0.1) is 18.4 Å². The van der Waals surface area contributed by atoms with Crippen LogP contribution in [0.4, 0.5) is 14.5 Å². The number of likely N-dealkylation sites (tertiary alicyclic amines) is 1. The lowest BCUT2D eigenvalue weighted by Gasteiger charge is -2.34. The van der Waals surface area contributed by atoms with Gasteiger partial charge in [0.1, 0.15) is 18.1 Å². The number of hydrogen-bond acceptors (Lipinski definition) is 6. The van der Waals surface area contributed by atoms with Gasteiger partial charge >= 0.3 is 0 Å². The van der Waals surface area contributed by atoms with Gasteiger partial charge in [-0.1, -0.05) is 12.1 Å². The van der Waals surface area contributed by atoms with E-state index in [4.69, 9.17) is 4.74 Å². The van der Waals surface area contributed by atoms with Crippen LogP contribution in [0.1, 0.15) is 49.6 Å². The Balaban J connectivity index is 1.43. The molecule has 3 aromatic rings. The summed E-state index contributed by atoms with van der Waals surface area (Å²) in [6, 6.07) is 9.82. The fourth-order valence-electron chi connectivity index (χ4n) is 5.37. The highest BCUT2D eigenvalue weighted by atomic mass is 32.2. The third-order valence-electron chi connectivity index (χ3n) is 7.42. The predicted octanol–water partition coefficient (Wildman–Crippen LogP) is 6.15. The molecule has 8 heteroatoms. The second-order valence-electron chi connectivity index (χ2n) is 10.3. The Morgan fingerprint density at radius 3 is 2.59 bits per heavy atom. The van der Waals surface area contributed by atoms with Crippen LogP contribution in [0.25, 0.3) is 11.3 Å². The largest absolute Gasteiger partial charge is 0.486 e. The first kappa shape index (κ1) is 25.9. The molecular formula is C29H34F2N4OS. The molecule has 1 aromatic heterocycles. The summed E-state index contributed by atoms with van der Waals surface area (Å²) in [4.78, 5) is 14.5. The molecule has 0 N–H and O–H groups in total. The number of anilines is 1. The lowest BCUT2D eigenvalue weighted by atomic mass is 9.89. The lowest BCUT2D eigenvalue weighted by molar-refractivity contribution is 0.254. The molecule has 37 heavy (non-hydrogen) atoms. The van der Waals surface area contributed by atoms with Crippen molar-refractivity contribution in [2.75, 3.05) is 44.4 Å². The molecule has 3 heterocycles. The molecule has 5 rings (SSSR count). The number of benzene rings is 2. The summed E-state index contributed by atoms with van der Waals surface area (Å²) < 4.78 is 35.5. The van der Waals surface area contributed by atoms with Crippen molar-refractivity contribution in [3.63, 3.8) is 0 Å². The van der Waals surface area contributed by atoms with Crippen LogP contribution in [0.5, 0.6) is 5.75 Å². The maximum Gasteiger partial charge on any atom is 0.178 e. The predicted molar refractivity (Wildman–Crippen MR) is 146 cm³/mol. The van der Waals surface area contributed by atoms with Gasteiger partial charge in [-0.3, -0.25) is 0 Å². The molecule has 0 saturated carbocycles. The highest BCUT2D eigenvalue weighted by Crippen LogP contribution is 2.39. The molecular weight excluding hydrogens is 490 g/mol. The van der Waals surface area contributed by atoms with E-state index in [1.165, 1.54) is 35.6 Å². The first-order valence-electron chi connectivity index (χ1n) is 12.9. The van der Waals surface area contributed by atoms with E-state index in [9.17, 15) is 4.39 Å². The Kier molecular flexibility index (Phi) is 7.67. The second-order valence-corrected chi connectivity index (χ2v) is 11.1. The first-order valence-corrected chi connectivity index (χ1v) is 14.2. The van der Waals surface area contributed by atoms with Gasteiger partial charge in [0.15, 0.2) is 17.4 Å². The Labute approximate surface area is 222 Å². The molecule has 0 spiro atoms. The number of aromatic nitrogens is 2. The van der Waals surface area contributed by atoms with Crippen LogP contribution in [-0.2, 0) is 6.42 Å². The molecule has 0 unspecified atom stereocenters. The zero-order valence-corrected chi connectivity index (χ0v) is 22.7. The topological polar surface area (TPSA) is 41.5 Å². The third kappa shape index (κ3) is 5.46. The van der Waals surface area contributed by atoms with Crippen LogP contribution in [0.15, 0.2) is 41.4 Å². The summed E-state index contributed by atoms with van der Waals surface area (Å²) in [5, 5.41) is 0. The minimum absolute atomic E-state index is 0.106. The van der Waals surface area contributed by atoms with Crippen LogP contribution in [0, 0.1) is 11.6 Å². The highest BCUT2D eigenvalue weighted by Gasteiger charge is 2.26. The molecule has 0 bridgehead atoms. The summed E-state index contributed by atoms with van der Waals surface area (Å²) in [7, 11) is 2.18. The second kappa shape index (κ2) is 11.0. The van der Waals surface area contributed by atoms with Crippen molar-refractivity contribution in [3.8, 4) is 17.0 Å². The number of piperidine rings is 1. The van der Waals surface area contributed by atoms with Crippen molar-refractivity contribution in [3.05, 3.63) is 65.1 Å². The Bertz CT molecular complexity index is 1280. The van der Waals surface area contributed by atoms with E-state index in [1.54, 1.807) is 17.8 Å². The fraction of sp³-hybridized carbons (Fsp3) is 0.448.